The van der Waals surface area contributed by atoms with Crippen LogP contribution in [0.5, 0.6) is 0 Å². The molecule has 2 aliphatic heterocycles. The van der Waals surface area contributed by atoms with E-state index in [9.17, 15) is 9.90 Å². The van der Waals surface area contributed by atoms with Gasteiger partial charge in [-0.1, -0.05) is 6.92 Å². The van der Waals surface area contributed by atoms with Gasteiger partial charge in [0, 0.05) is 6.42 Å². The smallest absolute Gasteiger partial charge is 0.166 e. The summed E-state index contributed by atoms with van der Waals surface area (Å²) in [6.45, 7) is 4.49. The zero-order chi connectivity index (χ0) is 13.3. The molecule has 3 nitrogen and oxygen atoms in total. The quantitative estimate of drug-likeness (QED) is 0.726. The van der Waals surface area contributed by atoms with Crippen LogP contribution in [0.1, 0.15) is 51.9 Å². The fraction of sp³-hybridized carbons (Fsp3) is 0.938. The highest BCUT2D eigenvalue weighted by molar-refractivity contribution is 5.90. The number of ketones is 1. The number of piperidine rings is 2. The number of aliphatic hydroxyl groups is 1. The standard InChI is InChI=1S/C16H25NO2/c1-11-8-12-9-14(18)16(19)5-3-7-17-6-2-4-13(12)15(16,17)10-11/h11-13,19H,2-10H2,1H3/t11-,12-,13-,15+,16-/m1/s1. The minimum absolute atomic E-state index is 0.159. The molecule has 19 heavy (non-hydrogen) atoms. The molecule has 4 aliphatic rings. The molecule has 2 aliphatic carbocycles. The van der Waals surface area contributed by atoms with E-state index in [0.717, 1.165) is 25.9 Å². The van der Waals surface area contributed by atoms with Crippen LogP contribution in [0.2, 0.25) is 0 Å². The third kappa shape index (κ3) is 1.33. The molecule has 2 bridgehead atoms. The van der Waals surface area contributed by atoms with Crippen LogP contribution in [-0.4, -0.2) is 40.0 Å². The molecule has 2 saturated carbocycles. The van der Waals surface area contributed by atoms with Gasteiger partial charge in [0.2, 0.25) is 0 Å². The van der Waals surface area contributed by atoms with E-state index in [0.29, 0.717) is 30.6 Å². The van der Waals surface area contributed by atoms with Gasteiger partial charge in [-0.2, -0.15) is 0 Å². The average molecular weight is 263 g/mol. The van der Waals surface area contributed by atoms with E-state index in [-0.39, 0.29) is 11.3 Å². The van der Waals surface area contributed by atoms with Crippen molar-refractivity contribution < 1.29 is 9.90 Å². The van der Waals surface area contributed by atoms with E-state index in [1.807, 2.05) is 0 Å². The fourth-order valence-corrected chi connectivity index (χ4v) is 6.18. The average Bonchev–Trinajstić information content (AvgIpc) is 2.36. The number of Topliss-reactive ketones (excluding diaryl/α,β-unsaturated/α-hetero) is 1. The predicted molar refractivity (Wildman–Crippen MR) is 72.7 cm³/mol. The molecule has 0 aromatic carbocycles. The third-order valence-electron chi connectivity index (χ3n) is 6.65. The Hall–Kier alpha value is -0.410. The summed E-state index contributed by atoms with van der Waals surface area (Å²) in [5, 5.41) is 11.3. The first kappa shape index (κ1) is 12.3. The van der Waals surface area contributed by atoms with Gasteiger partial charge in [0.25, 0.3) is 0 Å². The van der Waals surface area contributed by atoms with Crippen LogP contribution in [0.25, 0.3) is 0 Å². The van der Waals surface area contributed by atoms with Crippen LogP contribution in [0.4, 0.5) is 0 Å². The zero-order valence-electron chi connectivity index (χ0n) is 11.9. The lowest BCUT2D eigenvalue weighted by Gasteiger charge is -2.68. The molecule has 3 heteroatoms. The van der Waals surface area contributed by atoms with Gasteiger partial charge in [0.05, 0.1) is 5.54 Å². The molecule has 4 fully saturated rings. The summed E-state index contributed by atoms with van der Waals surface area (Å²) >= 11 is 0. The Morgan fingerprint density at radius 2 is 2.11 bits per heavy atom. The predicted octanol–water partition coefficient (Wildman–Crippen LogP) is 1.98. The van der Waals surface area contributed by atoms with E-state index in [1.165, 1.54) is 19.3 Å². The van der Waals surface area contributed by atoms with Crippen LogP contribution in [0, 0.1) is 17.8 Å². The molecule has 0 aromatic rings. The normalized spacial score (nSPS) is 53.8. The minimum atomic E-state index is -1.03. The van der Waals surface area contributed by atoms with Crippen molar-refractivity contribution in [3.05, 3.63) is 0 Å². The highest BCUT2D eigenvalue weighted by Gasteiger charge is 2.69. The maximum absolute atomic E-state index is 12.6. The number of hydrogen-bond acceptors (Lipinski definition) is 3. The van der Waals surface area contributed by atoms with Crippen molar-refractivity contribution in [2.45, 2.75) is 63.0 Å². The number of hydrogen-bond donors (Lipinski definition) is 1. The second kappa shape index (κ2) is 3.82. The molecule has 0 radical (unpaired) electrons. The monoisotopic (exact) mass is 263 g/mol. The maximum atomic E-state index is 12.6. The molecule has 0 amide bonds. The lowest BCUT2D eigenvalue weighted by atomic mass is 9.47. The molecule has 0 aromatic heterocycles. The van der Waals surface area contributed by atoms with Gasteiger partial charge in [-0.05, 0) is 69.4 Å². The molecule has 0 unspecified atom stereocenters. The van der Waals surface area contributed by atoms with Crippen molar-refractivity contribution in [1.82, 2.24) is 4.90 Å². The van der Waals surface area contributed by atoms with Crippen molar-refractivity contribution in [1.29, 1.82) is 0 Å². The Morgan fingerprint density at radius 3 is 2.95 bits per heavy atom. The number of carbonyl (C=O) groups excluding carboxylic acids is 1. The molecule has 5 atom stereocenters. The molecule has 2 saturated heterocycles. The van der Waals surface area contributed by atoms with Crippen molar-refractivity contribution in [3.8, 4) is 0 Å². The molecular formula is C16H25NO2. The van der Waals surface area contributed by atoms with E-state index in [2.05, 4.69) is 11.8 Å². The van der Waals surface area contributed by atoms with E-state index in [1.54, 1.807) is 0 Å². The first-order valence-corrected chi connectivity index (χ1v) is 8.09. The molecule has 2 heterocycles. The molecule has 4 rings (SSSR count). The molecular weight excluding hydrogens is 238 g/mol. The van der Waals surface area contributed by atoms with Crippen molar-refractivity contribution in [2.24, 2.45) is 17.8 Å². The van der Waals surface area contributed by atoms with Gasteiger partial charge in [-0.15, -0.1) is 0 Å². The summed E-state index contributed by atoms with van der Waals surface area (Å²) in [6.07, 6.45) is 7.04. The lowest BCUT2D eigenvalue weighted by Crippen LogP contribution is -2.79. The Balaban J connectivity index is 1.88. The summed E-state index contributed by atoms with van der Waals surface area (Å²) in [5.74, 6) is 1.92. The van der Waals surface area contributed by atoms with Crippen molar-refractivity contribution in [3.63, 3.8) is 0 Å². The SMILES string of the molecule is C[C@@H]1C[C@@H]2CC(=O)[C@]3(O)CCCN4CCC[C@H]2[C@]43C1. The summed E-state index contributed by atoms with van der Waals surface area (Å²) in [5.41, 5.74) is -1.22. The Bertz CT molecular complexity index is 421. The Labute approximate surface area is 115 Å². The highest BCUT2D eigenvalue weighted by atomic mass is 16.3. The van der Waals surface area contributed by atoms with Crippen LogP contribution < -0.4 is 0 Å². The van der Waals surface area contributed by atoms with Crippen LogP contribution in [-0.2, 0) is 4.79 Å². The van der Waals surface area contributed by atoms with Crippen LogP contribution in [0.15, 0.2) is 0 Å². The molecule has 106 valence electrons. The summed E-state index contributed by atoms with van der Waals surface area (Å²) in [4.78, 5) is 15.1. The first-order chi connectivity index (χ1) is 9.08. The van der Waals surface area contributed by atoms with Gasteiger partial charge in [0.15, 0.2) is 5.78 Å². The number of nitrogens with zero attached hydrogens (tertiary/aromatic N) is 1. The first-order valence-electron chi connectivity index (χ1n) is 8.09. The second-order valence-electron chi connectivity index (χ2n) is 7.56. The number of rotatable bonds is 0. The fourth-order valence-electron chi connectivity index (χ4n) is 6.18. The van der Waals surface area contributed by atoms with Crippen LogP contribution >= 0.6 is 0 Å². The van der Waals surface area contributed by atoms with Gasteiger partial charge in [-0.3, -0.25) is 9.69 Å². The van der Waals surface area contributed by atoms with Gasteiger partial charge in [0.1, 0.15) is 5.60 Å². The molecule has 1 N–H and O–H groups in total. The number of carbonyl (C=O) groups is 1. The largest absolute Gasteiger partial charge is 0.380 e. The van der Waals surface area contributed by atoms with Crippen molar-refractivity contribution >= 4 is 5.78 Å². The summed E-state index contributed by atoms with van der Waals surface area (Å²) in [6, 6.07) is 0. The van der Waals surface area contributed by atoms with Gasteiger partial charge in [-0.25, -0.2) is 0 Å². The second-order valence-corrected chi connectivity index (χ2v) is 7.56. The maximum Gasteiger partial charge on any atom is 0.166 e. The summed E-state index contributed by atoms with van der Waals surface area (Å²) in [7, 11) is 0. The highest BCUT2D eigenvalue weighted by Crippen LogP contribution is 2.60. The zero-order valence-corrected chi connectivity index (χ0v) is 11.9. The minimum Gasteiger partial charge on any atom is -0.380 e. The van der Waals surface area contributed by atoms with E-state index in [4.69, 9.17) is 0 Å². The van der Waals surface area contributed by atoms with Crippen molar-refractivity contribution in [2.75, 3.05) is 13.1 Å². The van der Waals surface area contributed by atoms with Gasteiger partial charge < -0.3 is 5.11 Å². The summed E-state index contributed by atoms with van der Waals surface area (Å²) < 4.78 is 0. The van der Waals surface area contributed by atoms with Gasteiger partial charge >= 0.3 is 0 Å². The molecule has 1 spiro atoms. The third-order valence-corrected chi connectivity index (χ3v) is 6.65. The van der Waals surface area contributed by atoms with E-state index >= 15 is 0 Å². The Morgan fingerprint density at radius 1 is 1.32 bits per heavy atom. The van der Waals surface area contributed by atoms with E-state index < -0.39 is 5.60 Å². The van der Waals surface area contributed by atoms with Crippen LogP contribution in [0.3, 0.4) is 0 Å². The topological polar surface area (TPSA) is 40.5 Å². The lowest BCUT2D eigenvalue weighted by molar-refractivity contribution is -0.230. The Kier molecular flexibility index (Phi) is 2.48.